The highest BCUT2D eigenvalue weighted by molar-refractivity contribution is 5.74. The molecule has 4 N–H and O–H groups in total. The minimum Gasteiger partial charge on any atom is -0.389 e. The number of ether oxygens (including phenoxy) is 1. The van der Waals surface area contributed by atoms with Gasteiger partial charge in [0.2, 0.25) is 5.91 Å². The van der Waals surface area contributed by atoms with Crippen LogP contribution in [0.4, 0.5) is 0 Å². The predicted octanol–water partition coefficient (Wildman–Crippen LogP) is 1.21. The number of β-amino-alcohol motifs (C(OH)–C–C–N with tert-alkyl or cyclic N) is 1. The number of hydrogen-bond donors (Lipinski definition) is 3. The quantitative estimate of drug-likeness (QED) is 0.559. The summed E-state index contributed by atoms with van der Waals surface area (Å²) in [6, 6.07) is 0. The van der Waals surface area contributed by atoms with Gasteiger partial charge < -0.3 is 20.9 Å². The smallest absolute Gasteiger partial charge is 0.219 e. The first kappa shape index (κ1) is 18.1. The van der Waals surface area contributed by atoms with Gasteiger partial charge in [0.15, 0.2) is 0 Å². The number of amides is 1. The molecule has 1 amide bonds. The topological polar surface area (TPSA) is 84.6 Å². The third-order valence-electron chi connectivity index (χ3n) is 3.99. The Bertz CT molecular complexity index is 355. The molecule has 1 aliphatic rings. The molecule has 1 aliphatic carbocycles. The first-order chi connectivity index (χ1) is 9.80. The maximum Gasteiger partial charge on any atom is 0.219 e. The van der Waals surface area contributed by atoms with E-state index in [4.69, 9.17) is 10.5 Å². The van der Waals surface area contributed by atoms with Crippen molar-refractivity contribution in [3.05, 3.63) is 12.2 Å². The summed E-state index contributed by atoms with van der Waals surface area (Å²) in [7, 11) is 0. The lowest BCUT2D eigenvalue weighted by Gasteiger charge is -2.27. The molecule has 122 valence electrons. The molecule has 0 heterocycles. The van der Waals surface area contributed by atoms with E-state index in [1.165, 1.54) is 0 Å². The molecule has 0 fully saturated rings. The van der Waals surface area contributed by atoms with Crippen LogP contribution in [0.3, 0.4) is 0 Å². The molecule has 5 nitrogen and oxygen atoms in total. The molecule has 0 saturated carbocycles. The van der Waals surface area contributed by atoms with Gasteiger partial charge in [-0.25, -0.2) is 0 Å². The second kappa shape index (κ2) is 8.51. The summed E-state index contributed by atoms with van der Waals surface area (Å²) in [5.74, 6) is 0.832. The number of nitrogens with one attached hydrogen (secondary N) is 1. The van der Waals surface area contributed by atoms with Crippen LogP contribution in [0.1, 0.15) is 40.0 Å². The lowest BCUT2D eigenvalue weighted by atomic mass is 9.85. The molecule has 0 aliphatic heterocycles. The molecular formula is C16H30N2O3. The fourth-order valence-corrected chi connectivity index (χ4v) is 2.55. The Kier molecular flexibility index (Phi) is 7.35. The monoisotopic (exact) mass is 298 g/mol. The van der Waals surface area contributed by atoms with Crippen LogP contribution in [0.2, 0.25) is 0 Å². The van der Waals surface area contributed by atoms with Crippen LogP contribution in [0.15, 0.2) is 12.2 Å². The fraction of sp³-hybridized carbons (Fsp3) is 0.812. The molecular weight excluding hydrogens is 268 g/mol. The van der Waals surface area contributed by atoms with Gasteiger partial charge >= 0.3 is 0 Å². The van der Waals surface area contributed by atoms with Crippen LogP contribution >= 0.6 is 0 Å². The van der Waals surface area contributed by atoms with Gasteiger partial charge in [0, 0.05) is 18.5 Å². The van der Waals surface area contributed by atoms with Gasteiger partial charge in [-0.2, -0.15) is 0 Å². The molecule has 3 unspecified atom stereocenters. The molecule has 0 aromatic heterocycles. The Balaban J connectivity index is 2.17. The van der Waals surface area contributed by atoms with E-state index in [0.29, 0.717) is 31.6 Å². The normalized spacial score (nSPS) is 24.0. The van der Waals surface area contributed by atoms with Crippen LogP contribution in [0.25, 0.3) is 0 Å². The first-order valence-corrected chi connectivity index (χ1v) is 7.74. The zero-order valence-electron chi connectivity index (χ0n) is 13.5. The highest BCUT2D eigenvalue weighted by atomic mass is 16.5. The Morgan fingerprint density at radius 2 is 2.14 bits per heavy atom. The minimum absolute atomic E-state index is 0.243. The van der Waals surface area contributed by atoms with E-state index >= 15 is 0 Å². The molecule has 21 heavy (non-hydrogen) atoms. The van der Waals surface area contributed by atoms with Crippen molar-refractivity contribution < 1.29 is 14.6 Å². The average molecular weight is 298 g/mol. The van der Waals surface area contributed by atoms with E-state index in [0.717, 1.165) is 12.8 Å². The van der Waals surface area contributed by atoms with Crippen molar-refractivity contribution in [1.29, 1.82) is 0 Å². The maximum atomic E-state index is 10.9. The number of aliphatic hydroxyl groups is 1. The maximum absolute atomic E-state index is 10.9. The van der Waals surface area contributed by atoms with Gasteiger partial charge in [0.25, 0.3) is 0 Å². The summed E-state index contributed by atoms with van der Waals surface area (Å²) >= 11 is 0. The van der Waals surface area contributed by atoms with Crippen molar-refractivity contribution >= 4 is 5.91 Å². The van der Waals surface area contributed by atoms with Gasteiger partial charge in [-0.15, -0.1) is 0 Å². The average Bonchev–Trinajstić information content (AvgIpc) is 2.37. The van der Waals surface area contributed by atoms with Crippen LogP contribution < -0.4 is 11.1 Å². The SMILES string of the molecule is CC1CC=CCC1COCC(O)CNC(C)(C)CC(N)=O. The largest absolute Gasteiger partial charge is 0.389 e. The number of hydrogen-bond acceptors (Lipinski definition) is 4. The van der Waals surface area contributed by atoms with E-state index < -0.39 is 11.6 Å². The van der Waals surface area contributed by atoms with E-state index in [-0.39, 0.29) is 12.3 Å². The molecule has 3 atom stereocenters. The Hall–Kier alpha value is -0.910. The van der Waals surface area contributed by atoms with Crippen molar-refractivity contribution in [3.8, 4) is 0 Å². The Morgan fingerprint density at radius 3 is 2.76 bits per heavy atom. The van der Waals surface area contributed by atoms with Gasteiger partial charge in [-0.1, -0.05) is 19.1 Å². The Labute approximate surface area is 127 Å². The summed E-state index contributed by atoms with van der Waals surface area (Å²) in [5, 5.41) is 13.1. The highest BCUT2D eigenvalue weighted by Crippen LogP contribution is 2.24. The Morgan fingerprint density at radius 1 is 1.48 bits per heavy atom. The van der Waals surface area contributed by atoms with Gasteiger partial charge in [0.05, 0.1) is 19.3 Å². The zero-order chi connectivity index (χ0) is 15.9. The molecule has 0 bridgehead atoms. The molecule has 0 saturated heterocycles. The molecule has 0 aromatic rings. The standard InChI is InChI=1S/C16H30N2O3/c1-12-6-4-5-7-13(12)10-21-11-14(19)9-18-16(2,3)8-15(17)20/h4-5,12-14,18-19H,6-11H2,1-3H3,(H2,17,20). The summed E-state index contributed by atoms with van der Waals surface area (Å²) in [5.41, 5.74) is 4.78. The van der Waals surface area contributed by atoms with E-state index in [1.54, 1.807) is 0 Å². The lowest BCUT2D eigenvalue weighted by Crippen LogP contribution is -2.46. The van der Waals surface area contributed by atoms with Crippen LogP contribution in [0.5, 0.6) is 0 Å². The second-order valence-electron chi connectivity index (χ2n) is 6.78. The van der Waals surface area contributed by atoms with E-state index in [1.807, 2.05) is 13.8 Å². The number of rotatable bonds is 9. The third-order valence-corrected chi connectivity index (χ3v) is 3.99. The van der Waals surface area contributed by atoms with Crippen LogP contribution in [-0.2, 0) is 9.53 Å². The predicted molar refractivity (Wildman–Crippen MR) is 83.7 cm³/mol. The summed E-state index contributed by atoms with van der Waals surface area (Å²) < 4.78 is 5.64. The molecule has 0 aromatic carbocycles. The number of primary amides is 1. The van der Waals surface area contributed by atoms with Crippen molar-refractivity contribution in [2.24, 2.45) is 17.6 Å². The number of nitrogens with two attached hydrogens (primary N) is 1. The lowest BCUT2D eigenvalue weighted by molar-refractivity contribution is -0.119. The van der Waals surface area contributed by atoms with Crippen LogP contribution in [0, 0.1) is 11.8 Å². The van der Waals surface area contributed by atoms with Crippen molar-refractivity contribution in [3.63, 3.8) is 0 Å². The fourth-order valence-electron chi connectivity index (χ4n) is 2.55. The summed E-state index contributed by atoms with van der Waals surface area (Å²) in [4.78, 5) is 10.9. The molecule has 0 radical (unpaired) electrons. The van der Waals surface area contributed by atoms with Gasteiger partial charge in [-0.05, 0) is 38.5 Å². The van der Waals surface area contributed by atoms with Crippen molar-refractivity contribution in [1.82, 2.24) is 5.32 Å². The zero-order valence-corrected chi connectivity index (χ0v) is 13.5. The van der Waals surface area contributed by atoms with E-state index in [2.05, 4.69) is 24.4 Å². The number of carbonyl (C=O) groups excluding carboxylic acids is 1. The van der Waals surface area contributed by atoms with Gasteiger partial charge in [-0.3, -0.25) is 4.79 Å². The first-order valence-electron chi connectivity index (χ1n) is 7.74. The highest BCUT2D eigenvalue weighted by Gasteiger charge is 2.22. The second-order valence-corrected chi connectivity index (χ2v) is 6.78. The van der Waals surface area contributed by atoms with Crippen molar-refractivity contribution in [2.75, 3.05) is 19.8 Å². The number of aliphatic hydroxyl groups excluding tert-OH is 1. The number of allylic oxidation sites excluding steroid dienone is 2. The molecule has 0 spiro atoms. The number of carbonyl (C=O) groups is 1. The van der Waals surface area contributed by atoms with Gasteiger partial charge in [0.1, 0.15) is 0 Å². The molecule has 5 heteroatoms. The molecule has 1 rings (SSSR count). The minimum atomic E-state index is -0.577. The van der Waals surface area contributed by atoms with E-state index in [9.17, 15) is 9.90 Å². The third kappa shape index (κ3) is 7.60. The van der Waals surface area contributed by atoms with Crippen LogP contribution in [-0.4, -0.2) is 42.4 Å². The summed E-state index contributed by atoms with van der Waals surface area (Å²) in [6.07, 6.45) is 6.26. The van der Waals surface area contributed by atoms with Crippen molar-refractivity contribution in [2.45, 2.75) is 51.7 Å². The summed E-state index contributed by atoms with van der Waals surface area (Å²) in [6.45, 7) is 7.41.